The summed E-state index contributed by atoms with van der Waals surface area (Å²) in [7, 11) is 0. The molecule has 1 saturated heterocycles. The fourth-order valence-electron chi connectivity index (χ4n) is 4.09. The van der Waals surface area contributed by atoms with Gasteiger partial charge in [-0.25, -0.2) is 4.79 Å². The van der Waals surface area contributed by atoms with E-state index in [1.54, 1.807) is 6.92 Å². The number of carbonyl (C=O) groups excluding carboxylic acids is 4. The summed E-state index contributed by atoms with van der Waals surface area (Å²) in [6.07, 6.45) is -7.46. The summed E-state index contributed by atoms with van der Waals surface area (Å²) < 4.78 is 22.5. The number of carbonyl (C=O) groups is 4. The third-order valence-electron chi connectivity index (χ3n) is 6.01. The zero-order chi connectivity index (χ0) is 30.9. The van der Waals surface area contributed by atoms with E-state index in [-0.39, 0.29) is 26.1 Å². The highest BCUT2D eigenvalue weighted by atomic mass is 16.6. The number of nitrogens with two attached hydrogens (primary N) is 1. The average Bonchev–Trinajstić information content (AvgIpc) is 3.21. The molecule has 1 aromatic heterocycles. The number of aromatic amines is 1. The van der Waals surface area contributed by atoms with Crippen molar-refractivity contribution in [2.24, 2.45) is 5.73 Å². The maximum atomic E-state index is 12.8. The molecule has 0 spiro atoms. The molecule has 2 heterocycles. The first-order valence-corrected chi connectivity index (χ1v) is 12.9. The summed E-state index contributed by atoms with van der Waals surface area (Å²) in [5, 5.41) is 26.1. The monoisotopic (exact) mass is 587 g/mol. The van der Waals surface area contributed by atoms with Gasteiger partial charge in [0, 0.05) is 32.7 Å². The quantitative estimate of drug-likeness (QED) is 0.0699. The molecule has 1 fully saturated rings. The second kappa shape index (κ2) is 15.4. The second-order valence-corrected chi connectivity index (χ2v) is 9.24. The van der Waals surface area contributed by atoms with Crippen LogP contribution in [-0.2, 0) is 38.1 Å². The lowest BCUT2D eigenvalue weighted by atomic mass is 9.98. The number of aromatic nitrogens is 2. The number of esters is 3. The number of hydrogen-bond donors (Lipinski definition) is 6. The van der Waals surface area contributed by atoms with Gasteiger partial charge in [-0.1, -0.05) is 0 Å². The number of amides is 1. The van der Waals surface area contributed by atoms with Crippen molar-refractivity contribution in [3.8, 4) is 0 Å². The summed E-state index contributed by atoms with van der Waals surface area (Å²) in [5.74, 6) is -3.13. The van der Waals surface area contributed by atoms with E-state index < -0.39 is 83.9 Å². The SMILES string of the molecule is CCOC(=O)C(NCCCNC(=O)[C@@H](N)[C@H](C)O)[C@@H](O)[C@H]1O[C@@H](n2ccc(=O)[nH]c2=O)[C@H](OC(C)=O)[C@@H]1OC(C)=O. The highest BCUT2D eigenvalue weighted by Crippen LogP contribution is 2.35. The number of nitrogens with one attached hydrogen (secondary N) is 3. The highest BCUT2D eigenvalue weighted by molar-refractivity contribution is 5.82. The van der Waals surface area contributed by atoms with Crippen LogP contribution in [-0.4, -0.2) is 106 Å². The van der Waals surface area contributed by atoms with Crippen molar-refractivity contribution in [3.05, 3.63) is 33.1 Å². The topological polar surface area (TPSA) is 251 Å². The minimum Gasteiger partial charge on any atom is -0.465 e. The van der Waals surface area contributed by atoms with Crippen LogP contribution in [0.5, 0.6) is 0 Å². The van der Waals surface area contributed by atoms with E-state index in [4.69, 9.17) is 24.7 Å². The summed E-state index contributed by atoms with van der Waals surface area (Å²) in [5.41, 5.74) is 3.93. The largest absolute Gasteiger partial charge is 0.465 e. The minimum atomic E-state index is -1.78. The van der Waals surface area contributed by atoms with E-state index in [0.29, 0.717) is 0 Å². The first-order chi connectivity index (χ1) is 19.3. The van der Waals surface area contributed by atoms with Crippen LogP contribution >= 0.6 is 0 Å². The molecule has 8 atom stereocenters. The molecule has 0 bridgehead atoms. The molecule has 0 aliphatic carbocycles. The first kappa shape index (κ1) is 33.6. The maximum absolute atomic E-state index is 12.8. The number of rotatable bonds is 14. The fraction of sp³-hybridized carbons (Fsp3) is 0.667. The molecule has 17 heteroatoms. The lowest BCUT2D eigenvalue weighted by molar-refractivity contribution is -0.168. The Morgan fingerprint density at radius 3 is 2.32 bits per heavy atom. The van der Waals surface area contributed by atoms with E-state index in [1.165, 1.54) is 6.92 Å². The van der Waals surface area contributed by atoms with E-state index in [2.05, 4.69) is 10.6 Å². The van der Waals surface area contributed by atoms with Gasteiger partial charge in [0.1, 0.15) is 24.3 Å². The molecule has 1 aliphatic heterocycles. The Labute approximate surface area is 234 Å². The Bertz CT molecular complexity index is 1180. The molecule has 1 amide bonds. The fourth-order valence-corrected chi connectivity index (χ4v) is 4.09. The molecule has 41 heavy (non-hydrogen) atoms. The maximum Gasteiger partial charge on any atom is 0.330 e. The zero-order valence-electron chi connectivity index (χ0n) is 23.1. The van der Waals surface area contributed by atoms with E-state index in [1.807, 2.05) is 4.98 Å². The predicted molar refractivity (Wildman–Crippen MR) is 138 cm³/mol. The third-order valence-corrected chi connectivity index (χ3v) is 6.01. The molecule has 0 aromatic carbocycles. The van der Waals surface area contributed by atoms with E-state index >= 15 is 0 Å². The van der Waals surface area contributed by atoms with E-state index in [0.717, 1.165) is 30.7 Å². The summed E-state index contributed by atoms with van der Waals surface area (Å²) in [6, 6.07) is -1.57. The van der Waals surface area contributed by atoms with Gasteiger partial charge in [0.15, 0.2) is 18.4 Å². The van der Waals surface area contributed by atoms with Crippen LogP contribution in [0.3, 0.4) is 0 Å². The van der Waals surface area contributed by atoms with Gasteiger partial charge in [-0.2, -0.15) is 0 Å². The Kier molecular flexibility index (Phi) is 12.6. The third kappa shape index (κ3) is 9.19. The van der Waals surface area contributed by atoms with Crippen LogP contribution < -0.4 is 27.6 Å². The van der Waals surface area contributed by atoms with Crippen molar-refractivity contribution >= 4 is 23.8 Å². The Balaban J connectivity index is 2.31. The van der Waals surface area contributed by atoms with Crippen molar-refractivity contribution < 1.29 is 48.3 Å². The van der Waals surface area contributed by atoms with Gasteiger partial charge in [-0.3, -0.25) is 33.5 Å². The number of aliphatic hydroxyl groups excluding tert-OH is 2. The van der Waals surface area contributed by atoms with Crippen molar-refractivity contribution in [2.45, 2.75) is 82.9 Å². The van der Waals surface area contributed by atoms with Crippen LogP contribution in [0.2, 0.25) is 0 Å². The van der Waals surface area contributed by atoms with Crippen molar-refractivity contribution in [1.82, 2.24) is 20.2 Å². The smallest absolute Gasteiger partial charge is 0.330 e. The summed E-state index contributed by atoms with van der Waals surface area (Å²) in [4.78, 5) is 74.7. The lowest BCUT2D eigenvalue weighted by Crippen LogP contribution is -2.56. The van der Waals surface area contributed by atoms with Crippen LogP contribution in [0.1, 0.15) is 40.3 Å². The molecule has 1 unspecified atom stereocenters. The van der Waals surface area contributed by atoms with Crippen molar-refractivity contribution in [1.29, 1.82) is 0 Å². The normalized spacial score (nSPS) is 23.1. The second-order valence-electron chi connectivity index (χ2n) is 9.24. The van der Waals surface area contributed by atoms with E-state index in [9.17, 15) is 39.0 Å². The van der Waals surface area contributed by atoms with Gasteiger partial charge in [0.25, 0.3) is 5.56 Å². The van der Waals surface area contributed by atoms with Crippen molar-refractivity contribution in [2.75, 3.05) is 19.7 Å². The minimum absolute atomic E-state index is 0.0403. The van der Waals surface area contributed by atoms with Gasteiger partial charge < -0.3 is 45.5 Å². The van der Waals surface area contributed by atoms with Crippen LogP contribution in [0.25, 0.3) is 0 Å². The Morgan fingerprint density at radius 2 is 1.76 bits per heavy atom. The van der Waals surface area contributed by atoms with Crippen molar-refractivity contribution in [3.63, 3.8) is 0 Å². The number of aliphatic hydroxyl groups is 2. The standard InChI is InChI=1S/C24H37N5O12/c1-5-38-23(36)16(26-8-6-9-27-21(35)15(25)11(2)30)17(34)18-19(39-12(3)31)20(40-13(4)32)22(41-18)29-10-7-14(33)28-24(29)37/h7,10-11,15-20,22,26,30,34H,5-6,8-9,25H2,1-4H3,(H,27,35)(H,28,33,37)/t11-,15-,16?,17+,18+,19+,20+,22+/m0/s1. The molecule has 0 saturated carbocycles. The molecule has 1 aliphatic rings. The number of ether oxygens (including phenoxy) is 4. The first-order valence-electron chi connectivity index (χ1n) is 12.9. The van der Waals surface area contributed by atoms with Gasteiger partial charge in [-0.15, -0.1) is 0 Å². The summed E-state index contributed by atoms with van der Waals surface area (Å²) in [6.45, 7) is 5.18. The van der Waals surface area contributed by atoms with Gasteiger partial charge in [0.2, 0.25) is 5.91 Å². The molecule has 17 nitrogen and oxygen atoms in total. The number of hydrogen-bond acceptors (Lipinski definition) is 14. The van der Waals surface area contributed by atoms with Crippen LogP contribution in [0, 0.1) is 0 Å². The lowest BCUT2D eigenvalue weighted by Gasteiger charge is -2.29. The molecule has 230 valence electrons. The van der Waals surface area contributed by atoms with Gasteiger partial charge >= 0.3 is 23.6 Å². The van der Waals surface area contributed by atoms with Gasteiger partial charge in [0.05, 0.1) is 12.7 Å². The average molecular weight is 588 g/mol. The number of H-pyrrole nitrogens is 1. The van der Waals surface area contributed by atoms with Crippen LogP contribution in [0.4, 0.5) is 0 Å². The Morgan fingerprint density at radius 1 is 1.12 bits per heavy atom. The molecular weight excluding hydrogens is 550 g/mol. The molecule has 2 rings (SSSR count). The summed E-state index contributed by atoms with van der Waals surface area (Å²) >= 11 is 0. The highest BCUT2D eigenvalue weighted by Gasteiger charge is 2.55. The van der Waals surface area contributed by atoms with Crippen LogP contribution in [0.15, 0.2) is 21.9 Å². The molecule has 1 aromatic rings. The number of nitrogens with zero attached hydrogens (tertiary/aromatic N) is 1. The molecular formula is C24H37N5O12. The Hall–Kier alpha value is -3.64. The zero-order valence-corrected chi connectivity index (χ0v) is 23.1. The molecule has 0 radical (unpaired) electrons. The predicted octanol–water partition coefficient (Wildman–Crippen LogP) is -3.61. The molecule has 7 N–H and O–H groups in total. The van der Waals surface area contributed by atoms with Gasteiger partial charge in [-0.05, 0) is 26.8 Å².